The predicted molar refractivity (Wildman–Crippen MR) is 126 cm³/mol. The molecule has 146 valence electrons. The molecule has 0 N–H and O–H groups in total. The van der Waals surface area contributed by atoms with Crippen molar-refractivity contribution in [2.45, 2.75) is 6.92 Å². The van der Waals surface area contributed by atoms with Gasteiger partial charge in [0.15, 0.2) is 0 Å². The Morgan fingerprint density at radius 1 is 0.833 bits per heavy atom. The van der Waals surface area contributed by atoms with Crippen LogP contribution in [0.3, 0.4) is 0 Å². The van der Waals surface area contributed by atoms with E-state index < -0.39 is 0 Å². The Morgan fingerprint density at radius 3 is 2.30 bits per heavy atom. The minimum absolute atomic E-state index is 0.234. The van der Waals surface area contributed by atoms with Crippen molar-refractivity contribution in [1.82, 2.24) is 4.98 Å². The van der Waals surface area contributed by atoms with Gasteiger partial charge in [-0.25, -0.2) is 9.37 Å². The molecule has 0 aliphatic carbocycles. The first-order chi connectivity index (χ1) is 14.5. The molecule has 0 atom stereocenters. The van der Waals surface area contributed by atoms with Gasteiger partial charge in [0.2, 0.25) is 0 Å². The molecule has 30 heavy (non-hydrogen) atoms. The average Bonchev–Trinajstić information content (AvgIpc) is 2.77. The molecule has 2 heteroatoms. The van der Waals surface area contributed by atoms with E-state index in [1.807, 2.05) is 55.5 Å². The Balaban J connectivity index is 1.69. The number of allylic oxidation sites excluding steroid dienone is 2. The summed E-state index contributed by atoms with van der Waals surface area (Å²) in [6, 6.07) is 24.9. The highest BCUT2D eigenvalue weighted by atomic mass is 19.1. The first-order valence-electron chi connectivity index (χ1n) is 9.80. The predicted octanol–water partition coefficient (Wildman–Crippen LogP) is 7.80. The van der Waals surface area contributed by atoms with E-state index in [1.54, 1.807) is 6.07 Å². The van der Waals surface area contributed by atoms with E-state index >= 15 is 0 Å². The third-order valence-electron chi connectivity index (χ3n) is 5.08. The molecular weight excluding hydrogens is 369 g/mol. The van der Waals surface area contributed by atoms with Gasteiger partial charge in [-0.15, -0.1) is 0 Å². The van der Waals surface area contributed by atoms with Crippen LogP contribution in [0.5, 0.6) is 0 Å². The molecule has 0 aliphatic rings. The van der Waals surface area contributed by atoms with Crippen LogP contribution in [-0.2, 0) is 0 Å². The highest BCUT2D eigenvalue weighted by molar-refractivity contribution is 5.96. The number of halogens is 1. The number of benzene rings is 3. The molecule has 1 heterocycles. The molecule has 0 fully saturated rings. The fraction of sp³-hybridized carbons (Fsp3) is 0.0357. The van der Waals surface area contributed by atoms with Gasteiger partial charge in [-0.3, -0.25) is 0 Å². The smallest absolute Gasteiger partial charge is 0.123 e. The summed E-state index contributed by atoms with van der Waals surface area (Å²) in [5.74, 6) is -0.234. The van der Waals surface area contributed by atoms with Gasteiger partial charge in [0.05, 0.1) is 11.2 Å². The Labute approximate surface area is 176 Å². The summed E-state index contributed by atoms with van der Waals surface area (Å²) in [5, 5.41) is 1.07. The summed E-state index contributed by atoms with van der Waals surface area (Å²) >= 11 is 0. The lowest BCUT2D eigenvalue weighted by atomic mass is 9.95. The molecule has 0 saturated carbocycles. The van der Waals surface area contributed by atoms with Crippen molar-refractivity contribution in [2.75, 3.05) is 0 Å². The molecule has 4 aromatic rings. The van der Waals surface area contributed by atoms with E-state index in [2.05, 4.69) is 37.4 Å². The third-order valence-corrected chi connectivity index (χ3v) is 5.08. The van der Waals surface area contributed by atoms with Crippen molar-refractivity contribution >= 4 is 28.6 Å². The van der Waals surface area contributed by atoms with Gasteiger partial charge in [0.1, 0.15) is 5.82 Å². The maximum absolute atomic E-state index is 13.3. The van der Waals surface area contributed by atoms with Crippen LogP contribution < -0.4 is 0 Å². The Kier molecular flexibility index (Phi) is 5.40. The van der Waals surface area contributed by atoms with Gasteiger partial charge in [0, 0.05) is 10.9 Å². The molecule has 0 amide bonds. The number of aromatic nitrogens is 1. The second kappa shape index (κ2) is 8.30. The van der Waals surface area contributed by atoms with Crippen LogP contribution in [-0.4, -0.2) is 4.98 Å². The highest BCUT2D eigenvalue weighted by Crippen LogP contribution is 2.31. The van der Waals surface area contributed by atoms with E-state index in [-0.39, 0.29) is 5.82 Å². The lowest BCUT2D eigenvalue weighted by Crippen LogP contribution is -1.93. The lowest BCUT2D eigenvalue weighted by Gasteiger charge is -2.12. The lowest BCUT2D eigenvalue weighted by molar-refractivity contribution is 0.627. The first kappa shape index (κ1) is 19.5. The van der Waals surface area contributed by atoms with Gasteiger partial charge in [0.25, 0.3) is 0 Å². The van der Waals surface area contributed by atoms with Crippen LogP contribution in [0.2, 0.25) is 0 Å². The van der Waals surface area contributed by atoms with Crippen LogP contribution in [0, 0.1) is 5.82 Å². The minimum Gasteiger partial charge on any atom is -0.248 e. The van der Waals surface area contributed by atoms with Gasteiger partial charge < -0.3 is 0 Å². The van der Waals surface area contributed by atoms with Crippen LogP contribution in [0.25, 0.3) is 39.9 Å². The number of hydrogen-bond acceptors (Lipinski definition) is 1. The second-order valence-electron chi connectivity index (χ2n) is 7.34. The van der Waals surface area contributed by atoms with E-state index in [9.17, 15) is 4.39 Å². The summed E-state index contributed by atoms with van der Waals surface area (Å²) in [7, 11) is 0. The normalized spacial score (nSPS) is 11.1. The van der Waals surface area contributed by atoms with Gasteiger partial charge >= 0.3 is 0 Å². The Morgan fingerprint density at radius 2 is 1.57 bits per heavy atom. The summed E-state index contributed by atoms with van der Waals surface area (Å²) < 4.78 is 13.3. The van der Waals surface area contributed by atoms with Crippen LogP contribution in [0.15, 0.2) is 97.6 Å². The van der Waals surface area contributed by atoms with Crippen molar-refractivity contribution in [3.8, 4) is 11.3 Å². The first-order valence-corrected chi connectivity index (χ1v) is 9.80. The SMILES string of the molecule is C=C(C)C(=C)c1cc(-c2ccc(/C=C/c3cccc(F)c3)cc2)nc2ccccc12. The summed E-state index contributed by atoms with van der Waals surface area (Å²) in [6.07, 6.45) is 3.88. The topological polar surface area (TPSA) is 12.9 Å². The molecule has 0 bridgehead atoms. The van der Waals surface area contributed by atoms with Gasteiger partial charge in [-0.1, -0.05) is 85.5 Å². The fourth-order valence-electron chi connectivity index (χ4n) is 3.37. The molecule has 0 unspecified atom stereocenters. The standard InChI is InChI=1S/C28H22FN/c1-19(2)20(3)26-18-28(30-27-10-5-4-9-25(26)27)23-15-13-21(14-16-23)11-12-22-7-6-8-24(29)17-22/h4-18H,1,3H2,2H3/b12-11+. The van der Waals surface area contributed by atoms with Gasteiger partial charge in [-0.2, -0.15) is 0 Å². The summed E-state index contributed by atoms with van der Waals surface area (Å²) in [6.45, 7) is 10.2. The zero-order chi connectivity index (χ0) is 21.1. The maximum atomic E-state index is 13.3. The number of hydrogen-bond donors (Lipinski definition) is 0. The number of pyridine rings is 1. The van der Waals surface area contributed by atoms with Crippen molar-refractivity contribution in [2.24, 2.45) is 0 Å². The molecule has 1 nitrogen and oxygen atoms in total. The zero-order valence-corrected chi connectivity index (χ0v) is 16.9. The van der Waals surface area contributed by atoms with Crippen LogP contribution in [0.1, 0.15) is 23.6 Å². The molecule has 0 saturated heterocycles. The molecule has 3 aromatic carbocycles. The Bertz CT molecular complexity index is 1280. The quantitative estimate of drug-likeness (QED) is 0.250. The van der Waals surface area contributed by atoms with E-state index in [1.165, 1.54) is 12.1 Å². The zero-order valence-electron chi connectivity index (χ0n) is 16.9. The van der Waals surface area contributed by atoms with Crippen molar-refractivity contribution < 1.29 is 4.39 Å². The molecule has 0 spiro atoms. The average molecular weight is 391 g/mol. The van der Waals surface area contributed by atoms with Crippen molar-refractivity contribution in [1.29, 1.82) is 0 Å². The molecule has 0 aliphatic heterocycles. The van der Waals surface area contributed by atoms with Crippen LogP contribution in [0.4, 0.5) is 4.39 Å². The summed E-state index contributed by atoms with van der Waals surface area (Å²) in [5.41, 5.74) is 7.64. The number of para-hydroxylation sites is 1. The molecule has 0 radical (unpaired) electrons. The highest BCUT2D eigenvalue weighted by Gasteiger charge is 2.10. The molecule has 4 rings (SSSR count). The van der Waals surface area contributed by atoms with Crippen LogP contribution >= 0.6 is 0 Å². The number of fused-ring (bicyclic) bond motifs is 1. The monoisotopic (exact) mass is 391 g/mol. The largest absolute Gasteiger partial charge is 0.248 e. The van der Waals surface area contributed by atoms with Crippen molar-refractivity contribution in [3.63, 3.8) is 0 Å². The van der Waals surface area contributed by atoms with E-state index in [0.717, 1.165) is 50.0 Å². The number of nitrogens with zero attached hydrogens (tertiary/aromatic N) is 1. The maximum Gasteiger partial charge on any atom is 0.123 e. The summed E-state index contributed by atoms with van der Waals surface area (Å²) in [4.78, 5) is 4.85. The minimum atomic E-state index is -0.234. The molecular formula is C28H22FN. The fourth-order valence-corrected chi connectivity index (χ4v) is 3.37. The third kappa shape index (κ3) is 4.13. The number of rotatable bonds is 5. The molecule has 1 aromatic heterocycles. The van der Waals surface area contributed by atoms with E-state index in [4.69, 9.17) is 4.98 Å². The van der Waals surface area contributed by atoms with Crippen molar-refractivity contribution in [3.05, 3.63) is 120 Å². The van der Waals surface area contributed by atoms with Gasteiger partial charge in [-0.05, 0) is 53.5 Å². The van der Waals surface area contributed by atoms with E-state index in [0.29, 0.717) is 0 Å². The second-order valence-corrected chi connectivity index (χ2v) is 7.34. The Hall–Kier alpha value is -3.78.